The molecule has 0 fully saturated rings. The third-order valence-electron chi connectivity index (χ3n) is 2.95. The van der Waals surface area contributed by atoms with Crippen LogP contribution in [0.15, 0.2) is 21.6 Å². The average Bonchev–Trinajstić information content (AvgIpc) is 2.64. The van der Waals surface area contributed by atoms with Crippen LogP contribution in [-0.2, 0) is 4.79 Å². The SMILES string of the molecule is CCNC(C)(CC(C)Sc1ccoc1C)C(N)=O. The fraction of sp³-hybridized carbons (Fsp3) is 0.615. The van der Waals surface area contributed by atoms with Crippen LogP contribution >= 0.6 is 11.8 Å². The van der Waals surface area contributed by atoms with Crippen molar-refractivity contribution in [3.63, 3.8) is 0 Å². The van der Waals surface area contributed by atoms with Crippen molar-refractivity contribution in [3.05, 3.63) is 18.1 Å². The zero-order valence-corrected chi connectivity index (χ0v) is 12.3. The van der Waals surface area contributed by atoms with Gasteiger partial charge in [-0.05, 0) is 32.9 Å². The minimum absolute atomic E-state index is 0.276. The topological polar surface area (TPSA) is 68.3 Å². The van der Waals surface area contributed by atoms with Crippen molar-refractivity contribution < 1.29 is 9.21 Å². The van der Waals surface area contributed by atoms with Crippen LogP contribution in [0.1, 0.15) is 33.0 Å². The van der Waals surface area contributed by atoms with Gasteiger partial charge in [-0.2, -0.15) is 0 Å². The minimum atomic E-state index is -0.654. The summed E-state index contributed by atoms with van der Waals surface area (Å²) in [6.45, 7) is 8.58. The van der Waals surface area contributed by atoms with Gasteiger partial charge in [0.2, 0.25) is 5.91 Å². The maximum absolute atomic E-state index is 11.5. The Bertz CT molecular complexity index is 405. The Morgan fingerprint density at radius 2 is 2.33 bits per heavy atom. The Morgan fingerprint density at radius 1 is 1.67 bits per heavy atom. The van der Waals surface area contributed by atoms with Gasteiger partial charge in [-0.25, -0.2) is 0 Å². The lowest BCUT2D eigenvalue weighted by atomic mass is 9.95. The van der Waals surface area contributed by atoms with Crippen LogP contribution in [0, 0.1) is 6.92 Å². The molecule has 2 atom stereocenters. The number of rotatable bonds is 7. The summed E-state index contributed by atoms with van der Waals surface area (Å²) in [5.74, 6) is 0.608. The van der Waals surface area contributed by atoms with Crippen molar-refractivity contribution in [2.24, 2.45) is 5.73 Å². The molecule has 0 aliphatic carbocycles. The summed E-state index contributed by atoms with van der Waals surface area (Å²) in [5.41, 5.74) is 4.83. The van der Waals surface area contributed by atoms with Crippen LogP contribution in [0.3, 0.4) is 0 Å². The number of aryl methyl sites for hydroxylation is 1. The molecule has 2 unspecified atom stereocenters. The van der Waals surface area contributed by atoms with E-state index in [4.69, 9.17) is 10.2 Å². The second-order valence-electron chi connectivity index (χ2n) is 4.70. The van der Waals surface area contributed by atoms with E-state index in [1.165, 1.54) is 0 Å². The molecule has 0 saturated carbocycles. The Labute approximate surface area is 113 Å². The third-order valence-corrected chi connectivity index (χ3v) is 4.19. The number of carbonyl (C=O) groups excluding carboxylic acids is 1. The average molecular weight is 270 g/mol. The molecule has 5 heteroatoms. The summed E-state index contributed by atoms with van der Waals surface area (Å²) in [5, 5.41) is 3.45. The van der Waals surface area contributed by atoms with Crippen molar-refractivity contribution >= 4 is 17.7 Å². The van der Waals surface area contributed by atoms with E-state index in [-0.39, 0.29) is 11.2 Å². The van der Waals surface area contributed by atoms with E-state index in [0.29, 0.717) is 6.42 Å². The fourth-order valence-corrected chi connectivity index (χ4v) is 3.18. The molecule has 1 aromatic rings. The van der Waals surface area contributed by atoms with Gasteiger partial charge in [-0.3, -0.25) is 4.79 Å². The number of amides is 1. The first kappa shape index (κ1) is 15.1. The Morgan fingerprint density at radius 3 is 2.78 bits per heavy atom. The van der Waals surface area contributed by atoms with Gasteiger partial charge in [0.15, 0.2) is 0 Å². The molecule has 1 amide bonds. The molecule has 0 aliphatic heterocycles. The Balaban J connectivity index is 2.65. The summed E-state index contributed by atoms with van der Waals surface area (Å²) < 4.78 is 5.26. The van der Waals surface area contributed by atoms with E-state index in [0.717, 1.165) is 17.2 Å². The first-order valence-corrected chi connectivity index (χ1v) is 7.02. The normalized spacial score (nSPS) is 16.2. The highest BCUT2D eigenvalue weighted by Gasteiger charge is 2.32. The monoisotopic (exact) mass is 270 g/mol. The highest BCUT2D eigenvalue weighted by Crippen LogP contribution is 2.31. The molecule has 0 bridgehead atoms. The number of carbonyl (C=O) groups is 1. The molecule has 1 rings (SSSR count). The maximum Gasteiger partial charge on any atom is 0.237 e. The molecule has 3 N–H and O–H groups in total. The second-order valence-corrected chi connectivity index (χ2v) is 6.18. The predicted octanol–water partition coefficient (Wildman–Crippen LogP) is 2.31. The highest BCUT2D eigenvalue weighted by molar-refractivity contribution is 8.00. The van der Waals surface area contributed by atoms with E-state index >= 15 is 0 Å². The van der Waals surface area contributed by atoms with Gasteiger partial charge in [-0.1, -0.05) is 13.8 Å². The lowest BCUT2D eigenvalue weighted by molar-refractivity contribution is -0.124. The summed E-state index contributed by atoms with van der Waals surface area (Å²) in [6.07, 6.45) is 2.37. The van der Waals surface area contributed by atoms with Crippen LogP contribution in [0.4, 0.5) is 0 Å². The van der Waals surface area contributed by atoms with Crippen molar-refractivity contribution in [2.75, 3.05) is 6.54 Å². The Hall–Kier alpha value is -0.940. The van der Waals surface area contributed by atoms with E-state index in [1.54, 1.807) is 18.0 Å². The lowest BCUT2D eigenvalue weighted by Gasteiger charge is -2.29. The largest absolute Gasteiger partial charge is 0.468 e. The molecule has 0 aliphatic rings. The van der Waals surface area contributed by atoms with Crippen molar-refractivity contribution in [3.8, 4) is 0 Å². The van der Waals surface area contributed by atoms with Gasteiger partial charge >= 0.3 is 0 Å². The van der Waals surface area contributed by atoms with Crippen LogP contribution in [-0.4, -0.2) is 23.2 Å². The number of hydrogen-bond donors (Lipinski definition) is 2. The molecule has 1 heterocycles. The number of furan rings is 1. The molecule has 0 aromatic carbocycles. The first-order valence-electron chi connectivity index (χ1n) is 6.14. The molecular formula is C13H22N2O2S. The Kier molecular flexibility index (Phi) is 5.28. The predicted molar refractivity (Wildman–Crippen MR) is 74.7 cm³/mol. The molecule has 1 aromatic heterocycles. The van der Waals surface area contributed by atoms with Crippen LogP contribution in [0.2, 0.25) is 0 Å². The molecule has 0 spiro atoms. The van der Waals surface area contributed by atoms with Crippen molar-refractivity contribution in [1.82, 2.24) is 5.32 Å². The van der Waals surface area contributed by atoms with E-state index in [2.05, 4.69) is 12.2 Å². The third kappa shape index (κ3) is 3.78. The molecule has 0 saturated heterocycles. The van der Waals surface area contributed by atoms with Gasteiger partial charge in [0.25, 0.3) is 0 Å². The number of primary amides is 1. The summed E-state index contributed by atoms with van der Waals surface area (Å²) in [7, 11) is 0. The molecule has 0 radical (unpaired) electrons. The van der Waals surface area contributed by atoms with Gasteiger partial charge in [-0.15, -0.1) is 11.8 Å². The zero-order chi connectivity index (χ0) is 13.8. The van der Waals surface area contributed by atoms with Crippen molar-refractivity contribution in [1.29, 1.82) is 0 Å². The summed E-state index contributed by atoms with van der Waals surface area (Å²) >= 11 is 1.71. The summed E-state index contributed by atoms with van der Waals surface area (Å²) in [6, 6.07) is 1.95. The lowest BCUT2D eigenvalue weighted by Crippen LogP contribution is -2.54. The van der Waals surface area contributed by atoms with Gasteiger partial charge in [0, 0.05) is 10.1 Å². The van der Waals surface area contributed by atoms with Crippen LogP contribution in [0.5, 0.6) is 0 Å². The van der Waals surface area contributed by atoms with Crippen LogP contribution < -0.4 is 11.1 Å². The van der Waals surface area contributed by atoms with Gasteiger partial charge in [0.1, 0.15) is 5.76 Å². The summed E-state index contributed by atoms with van der Waals surface area (Å²) in [4.78, 5) is 12.7. The van der Waals surface area contributed by atoms with E-state index < -0.39 is 5.54 Å². The molecule has 102 valence electrons. The standard InChI is InChI=1S/C13H22N2O2S/c1-5-15-13(4,12(14)16)8-9(2)18-11-6-7-17-10(11)3/h6-7,9,15H,5,8H2,1-4H3,(H2,14,16). The maximum atomic E-state index is 11.5. The van der Waals surface area contributed by atoms with Gasteiger partial charge in [0.05, 0.1) is 11.8 Å². The number of likely N-dealkylation sites (N-methyl/N-ethyl adjacent to an activating group) is 1. The number of nitrogens with two attached hydrogens (primary N) is 1. The van der Waals surface area contributed by atoms with E-state index in [1.807, 2.05) is 26.8 Å². The minimum Gasteiger partial charge on any atom is -0.468 e. The van der Waals surface area contributed by atoms with Crippen LogP contribution in [0.25, 0.3) is 0 Å². The van der Waals surface area contributed by atoms with E-state index in [9.17, 15) is 4.79 Å². The quantitative estimate of drug-likeness (QED) is 0.746. The zero-order valence-electron chi connectivity index (χ0n) is 11.4. The second kappa shape index (κ2) is 6.29. The number of nitrogens with one attached hydrogen (secondary N) is 1. The smallest absolute Gasteiger partial charge is 0.237 e. The highest BCUT2D eigenvalue weighted by atomic mass is 32.2. The molecule has 18 heavy (non-hydrogen) atoms. The molecular weight excluding hydrogens is 248 g/mol. The number of hydrogen-bond acceptors (Lipinski definition) is 4. The number of thioether (sulfide) groups is 1. The fourth-order valence-electron chi connectivity index (χ4n) is 1.98. The first-order chi connectivity index (χ1) is 8.39. The van der Waals surface area contributed by atoms with Crippen molar-refractivity contribution in [2.45, 2.75) is 49.8 Å². The molecule has 4 nitrogen and oxygen atoms in total. The van der Waals surface area contributed by atoms with Gasteiger partial charge < -0.3 is 15.5 Å².